The Morgan fingerprint density at radius 1 is 0.556 bits per heavy atom. The Morgan fingerprint density at radius 3 is 1.59 bits per heavy atom. The molecule has 0 aromatic carbocycles. The quantitative estimate of drug-likeness (QED) is 0.167. The molecule has 0 aliphatic carbocycles. The van der Waals surface area contributed by atoms with Crippen molar-refractivity contribution in [2.75, 3.05) is 72.7 Å². The van der Waals surface area contributed by atoms with Gasteiger partial charge in [-0.05, 0) is 0 Å². The number of aliphatic hydroxyl groups is 5. The lowest BCUT2D eigenvalue weighted by atomic mass is 9.98. The summed E-state index contributed by atoms with van der Waals surface area (Å²) in [6.45, 7) is -0.934. The van der Waals surface area contributed by atoms with Crippen LogP contribution in [0.5, 0.6) is 0 Å². The molecule has 0 amide bonds. The fraction of sp³-hybridized carbons (Fsp3) is 1.00. The maximum Gasteiger partial charge on any atom is 0.187 e. The maximum atomic E-state index is 9.13. The minimum atomic E-state index is -0.941. The molecule has 1 saturated heterocycles. The molecule has 0 aromatic heterocycles. The van der Waals surface area contributed by atoms with Crippen LogP contribution < -0.4 is 0 Å². The Kier molecular flexibility index (Phi) is 14.1. The first kappa shape index (κ1) is 24.6. The van der Waals surface area contributed by atoms with Crippen LogP contribution in [-0.4, -0.2) is 129 Å². The average Bonchev–Trinajstić information content (AvgIpc) is 2.68. The molecule has 11 nitrogen and oxygen atoms in total. The molecule has 1 aliphatic heterocycles. The van der Waals surface area contributed by atoms with E-state index in [9.17, 15) is 0 Å². The van der Waals surface area contributed by atoms with E-state index in [0.717, 1.165) is 0 Å². The summed E-state index contributed by atoms with van der Waals surface area (Å²) < 4.78 is 33.7. The molecule has 5 N–H and O–H groups in total. The van der Waals surface area contributed by atoms with Crippen LogP contribution in [0.25, 0.3) is 0 Å². The molecule has 162 valence electrons. The summed E-state index contributed by atoms with van der Waals surface area (Å²) in [6.07, 6.45) is -3.91. The van der Waals surface area contributed by atoms with Crippen LogP contribution in [0.15, 0.2) is 0 Å². The highest BCUT2D eigenvalue weighted by atomic mass is 16.7. The first-order chi connectivity index (χ1) is 13.2. The normalized spacial score (nSPS) is 28.6. The molecule has 0 aromatic rings. The molecule has 1 rings (SSSR count). The summed E-state index contributed by atoms with van der Waals surface area (Å²) in [4.78, 5) is 0. The van der Waals surface area contributed by atoms with Crippen LogP contribution in [0.3, 0.4) is 0 Å². The van der Waals surface area contributed by atoms with Gasteiger partial charge in [0.1, 0.15) is 24.4 Å². The Balaban J connectivity index is 2.99. The van der Waals surface area contributed by atoms with Crippen molar-refractivity contribution >= 4 is 0 Å². The van der Waals surface area contributed by atoms with Gasteiger partial charge in [0, 0.05) is 0 Å². The van der Waals surface area contributed by atoms with Gasteiger partial charge in [-0.15, -0.1) is 0 Å². The van der Waals surface area contributed by atoms with Crippen LogP contribution in [0, 0.1) is 0 Å². The minimum Gasteiger partial charge on any atom is -0.394 e. The van der Waals surface area contributed by atoms with Crippen LogP contribution >= 0.6 is 0 Å². The zero-order valence-electron chi connectivity index (χ0n) is 15.4. The van der Waals surface area contributed by atoms with Crippen LogP contribution in [-0.2, 0) is 28.4 Å². The molecule has 0 saturated carbocycles. The zero-order valence-corrected chi connectivity index (χ0v) is 15.4. The second-order valence-corrected chi connectivity index (χ2v) is 5.61. The van der Waals surface area contributed by atoms with Gasteiger partial charge in [-0.25, -0.2) is 0 Å². The van der Waals surface area contributed by atoms with Crippen molar-refractivity contribution in [2.45, 2.75) is 30.7 Å². The van der Waals surface area contributed by atoms with Crippen LogP contribution in [0.4, 0.5) is 0 Å². The maximum absolute atomic E-state index is 9.13. The fourth-order valence-electron chi connectivity index (χ4n) is 2.71. The van der Waals surface area contributed by atoms with E-state index in [1.807, 2.05) is 0 Å². The fourth-order valence-corrected chi connectivity index (χ4v) is 2.71. The highest BCUT2D eigenvalue weighted by Crippen LogP contribution is 2.29. The highest BCUT2D eigenvalue weighted by molar-refractivity contribution is 4.93. The third kappa shape index (κ3) is 8.62. The van der Waals surface area contributed by atoms with E-state index >= 15 is 0 Å². The van der Waals surface area contributed by atoms with Crippen molar-refractivity contribution in [1.82, 2.24) is 0 Å². The smallest absolute Gasteiger partial charge is 0.187 e. The second-order valence-electron chi connectivity index (χ2n) is 5.61. The van der Waals surface area contributed by atoms with Crippen molar-refractivity contribution < 1.29 is 54.0 Å². The third-order valence-electron chi connectivity index (χ3n) is 3.69. The number of aliphatic hydroxyl groups excluding tert-OH is 5. The summed E-state index contributed by atoms with van der Waals surface area (Å²) in [7, 11) is 0. The first-order valence-electron chi connectivity index (χ1n) is 8.97. The molecule has 0 spiro atoms. The van der Waals surface area contributed by atoms with Crippen LogP contribution in [0.1, 0.15) is 0 Å². The number of hydrogen-bond acceptors (Lipinski definition) is 11. The molecule has 27 heavy (non-hydrogen) atoms. The van der Waals surface area contributed by atoms with E-state index in [0.29, 0.717) is 0 Å². The number of hydrogen-bond donors (Lipinski definition) is 5. The van der Waals surface area contributed by atoms with Crippen molar-refractivity contribution in [1.29, 1.82) is 0 Å². The molecule has 0 radical (unpaired) electrons. The summed E-state index contributed by atoms with van der Waals surface area (Å²) in [5.41, 5.74) is 0. The average molecular weight is 400 g/mol. The van der Waals surface area contributed by atoms with Crippen molar-refractivity contribution in [3.8, 4) is 0 Å². The Labute approximate surface area is 158 Å². The summed E-state index contributed by atoms with van der Waals surface area (Å²) in [6, 6.07) is 0. The predicted octanol–water partition coefficient (Wildman–Crippen LogP) is -3.14. The molecule has 5 atom stereocenters. The molecule has 1 heterocycles. The lowest BCUT2D eigenvalue weighted by Crippen LogP contribution is -2.62. The lowest BCUT2D eigenvalue weighted by Gasteiger charge is -2.45. The largest absolute Gasteiger partial charge is 0.394 e. The van der Waals surface area contributed by atoms with Gasteiger partial charge >= 0.3 is 0 Å². The third-order valence-corrected chi connectivity index (χ3v) is 3.69. The van der Waals surface area contributed by atoms with E-state index in [-0.39, 0.29) is 72.7 Å². The lowest BCUT2D eigenvalue weighted by molar-refractivity contribution is -0.325. The summed E-state index contributed by atoms with van der Waals surface area (Å²) in [5, 5.41) is 45.3. The SMILES string of the molecule is OCCOCC1OC(OCCO)C(OCCO)C(OCCO)C1OCCO. The topological polar surface area (TPSA) is 157 Å². The molecule has 11 heteroatoms. The summed E-state index contributed by atoms with van der Waals surface area (Å²) in [5.74, 6) is 0. The van der Waals surface area contributed by atoms with Gasteiger partial charge in [0.15, 0.2) is 6.29 Å². The van der Waals surface area contributed by atoms with Gasteiger partial charge in [-0.2, -0.15) is 0 Å². The Bertz CT molecular complexity index is 346. The van der Waals surface area contributed by atoms with Gasteiger partial charge in [-0.1, -0.05) is 0 Å². The van der Waals surface area contributed by atoms with Gasteiger partial charge < -0.3 is 54.0 Å². The predicted molar refractivity (Wildman–Crippen MR) is 90.1 cm³/mol. The second kappa shape index (κ2) is 15.5. The van der Waals surface area contributed by atoms with Gasteiger partial charge in [0.25, 0.3) is 0 Å². The summed E-state index contributed by atoms with van der Waals surface area (Å²) >= 11 is 0. The first-order valence-corrected chi connectivity index (χ1v) is 8.97. The molecular weight excluding hydrogens is 368 g/mol. The molecule has 1 fully saturated rings. The standard InChI is InChI=1S/C16H32O11/c17-1-6-22-11-12-13(23-7-2-18)14(24-8-3-19)15(25-9-4-20)16(27-12)26-10-5-21/h12-21H,1-11H2. The molecule has 1 aliphatic rings. The van der Waals surface area contributed by atoms with Gasteiger partial charge in [0.05, 0.1) is 72.7 Å². The number of ether oxygens (including phenoxy) is 6. The molecular formula is C16H32O11. The van der Waals surface area contributed by atoms with Crippen molar-refractivity contribution in [3.63, 3.8) is 0 Å². The Morgan fingerprint density at radius 2 is 1.04 bits per heavy atom. The van der Waals surface area contributed by atoms with Gasteiger partial charge in [-0.3, -0.25) is 0 Å². The van der Waals surface area contributed by atoms with E-state index in [1.165, 1.54) is 0 Å². The Hall–Kier alpha value is -0.440. The molecule has 0 bridgehead atoms. The highest BCUT2D eigenvalue weighted by Gasteiger charge is 2.48. The van der Waals surface area contributed by atoms with E-state index in [1.54, 1.807) is 0 Å². The zero-order chi connectivity index (χ0) is 19.9. The monoisotopic (exact) mass is 400 g/mol. The van der Waals surface area contributed by atoms with Crippen molar-refractivity contribution in [2.24, 2.45) is 0 Å². The van der Waals surface area contributed by atoms with E-state index in [2.05, 4.69) is 0 Å². The minimum absolute atomic E-state index is 0.000423. The van der Waals surface area contributed by atoms with E-state index in [4.69, 9.17) is 54.0 Å². The van der Waals surface area contributed by atoms with Gasteiger partial charge in [0.2, 0.25) is 0 Å². The molecule has 5 unspecified atom stereocenters. The van der Waals surface area contributed by atoms with Crippen molar-refractivity contribution in [3.05, 3.63) is 0 Å². The van der Waals surface area contributed by atoms with Crippen LogP contribution in [0.2, 0.25) is 0 Å². The number of rotatable bonds is 16. The van der Waals surface area contributed by atoms with E-state index < -0.39 is 30.7 Å².